The first-order valence-electron chi connectivity index (χ1n) is 17.4. The van der Waals surface area contributed by atoms with Crippen molar-refractivity contribution in [3.05, 3.63) is 143 Å². The first-order valence-corrected chi connectivity index (χ1v) is 17.4. The topological polar surface area (TPSA) is 85.2 Å². The average Bonchev–Trinajstić information content (AvgIpc) is 3.83. The number of fused-ring (bicyclic) bond motifs is 3. The van der Waals surface area contributed by atoms with Gasteiger partial charge in [0.2, 0.25) is 5.78 Å². The molecule has 2 N–H and O–H groups in total. The molecule has 0 saturated heterocycles. The van der Waals surface area contributed by atoms with Crippen LogP contribution in [0, 0.1) is 5.92 Å². The van der Waals surface area contributed by atoms with E-state index in [0.29, 0.717) is 11.5 Å². The molecule has 6 aromatic rings. The molecule has 1 saturated carbocycles. The van der Waals surface area contributed by atoms with E-state index in [9.17, 15) is 22.8 Å². The van der Waals surface area contributed by atoms with Crippen LogP contribution in [0.4, 0.5) is 18.0 Å². The van der Waals surface area contributed by atoms with Gasteiger partial charge in [0, 0.05) is 18.2 Å². The second-order valence-corrected chi connectivity index (χ2v) is 14.3. The largest absolute Gasteiger partial charge is 0.444 e. The van der Waals surface area contributed by atoms with Crippen molar-refractivity contribution < 1.29 is 27.5 Å². The molecule has 1 aliphatic rings. The summed E-state index contributed by atoms with van der Waals surface area (Å²) in [6.07, 6.45) is -3.11. The van der Waals surface area contributed by atoms with Gasteiger partial charge in [-0.25, -0.2) is 9.48 Å². The Kier molecular flexibility index (Phi) is 9.35. The Labute approximate surface area is 299 Å². The van der Waals surface area contributed by atoms with Gasteiger partial charge in [0.25, 0.3) is 0 Å². The summed E-state index contributed by atoms with van der Waals surface area (Å²) >= 11 is 0. The van der Waals surface area contributed by atoms with Gasteiger partial charge in [0.1, 0.15) is 11.3 Å². The Morgan fingerprint density at radius 2 is 1.56 bits per heavy atom. The van der Waals surface area contributed by atoms with Crippen LogP contribution in [-0.4, -0.2) is 33.8 Å². The van der Waals surface area contributed by atoms with Crippen molar-refractivity contribution in [3.8, 4) is 5.69 Å². The minimum Gasteiger partial charge on any atom is -0.444 e. The van der Waals surface area contributed by atoms with Gasteiger partial charge >= 0.3 is 12.3 Å². The van der Waals surface area contributed by atoms with Gasteiger partial charge in [-0.15, -0.1) is 0 Å². The fourth-order valence-corrected chi connectivity index (χ4v) is 6.51. The fraction of sp³-hybridized carbons (Fsp3) is 0.262. The van der Waals surface area contributed by atoms with Gasteiger partial charge in [0.15, 0.2) is 5.69 Å². The molecule has 266 valence electrons. The summed E-state index contributed by atoms with van der Waals surface area (Å²) in [6.45, 7) is 6.08. The molecule has 1 atom stereocenters. The van der Waals surface area contributed by atoms with Gasteiger partial charge < -0.3 is 15.4 Å². The lowest BCUT2D eigenvalue weighted by atomic mass is 9.89. The van der Waals surface area contributed by atoms with E-state index in [2.05, 4.69) is 46.1 Å². The van der Waals surface area contributed by atoms with Gasteiger partial charge in [-0.1, -0.05) is 78.9 Å². The summed E-state index contributed by atoms with van der Waals surface area (Å²) in [6, 6.07) is 32.8. The maximum Gasteiger partial charge on any atom is 0.435 e. The summed E-state index contributed by atoms with van der Waals surface area (Å²) < 4.78 is 48.6. The van der Waals surface area contributed by atoms with E-state index in [1.165, 1.54) is 0 Å². The molecular formula is C42H39F3N4O3. The highest BCUT2D eigenvalue weighted by Gasteiger charge is 2.36. The number of nitrogens with zero attached hydrogens (tertiary/aromatic N) is 2. The highest BCUT2D eigenvalue weighted by atomic mass is 19.4. The summed E-state index contributed by atoms with van der Waals surface area (Å²) in [7, 11) is 0. The van der Waals surface area contributed by atoms with Crippen LogP contribution in [0.25, 0.3) is 27.2 Å². The summed E-state index contributed by atoms with van der Waals surface area (Å²) in [5.74, 6) is -0.0317. The number of nitrogens with one attached hydrogen (secondary N) is 2. The minimum atomic E-state index is -4.78. The van der Waals surface area contributed by atoms with Crippen molar-refractivity contribution in [2.45, 2.75) is 58.0 Å². The highest BCUT2D eigenvalue weighted by Crippen LogP contribution is 2.37. The number of amides is 1. The fourth-order valence-electron chi connectivity index (χ4n) is 6.51. The molecule has 1 unspecified atom stereocenters. The predicted molar refractivity (Wildman–Crippen MR) is 196 cm³/mol. The van der Waals surface area contributed by atoms with E-state index in [4.69, 9.17) is 4.74 Å². The zero-order valence-corrected chi connectivity index (χ0v) is 29.1. The van der Waals surface area contributed by atoms with Crippen LogP contribution in [0.15, 0.2) is 109 Å². The maximum absolute atomic E-state index is 14.3. The standard InChI is InChI=1S/C42H39F3N4O3/c1-41(2,3)52-40(51)47-25-27-10-8-14-31(20-27)49-36(23-37(48-49)42(43,44)45)39(50)30-13-9-12-29(21-30)38(46-24-26-18-19-26)35-22-28-11-4-5-15-32(28)33-16-6-7-17-34(33)35/h4-17,20-23,26,38,46H,18-19,24-25H2,1-3H3,(H,47,51). The van der Waals surface area contributed by atoms with E-state index < -0.39 is 29.3 Å². The monoisotopic (exact) mass is 704 g/mol. The van der Waals surface area contributed by atoms with Crippen LogP contribution in [-0.2, 0) is 17.5 Å². The van der Waals surface area contributed by atoms with Gasteiger partial charge in [0.05, 0.1) is 11.7 Å². The SMILES string of the molecule is CC(C)(C)OC(=O)NCc1cccc(-n2nc(C(F)(F)F)cc2C(=O)c2cccc(C(NCC3CC3)c3cc4ccccc4c4ccccc34)c2)c1. The Morgan fingerprint density at radius 3 is 2.29 bits per heavy atom. The zero-order chi connectivity index (χ0) is 36.6. The van der Waals surface area contributed by atoms with Gasteiger partial charge in [-0.3, -0.25) is 4.79 Å². The number of carbonyl (C=O) groups excluding carboxylic acids is 2. The molecule has 52 heavy (non-hydrogen) atoms. The molecule has 7 rings (SSSR count). The molecule has 1 aliphatic carbocycles. The van der Waals surface area contributed by atoms with Crippen molar-refractivity contribution in [2.75, 3.05) is 6.54 Å². The van der Waals surface area contributed by atoms with E-state index in [1.54, 1.807) is 63.2 Å². The van der Waals surface area contributed by atoms with E-state index in [0.717, 1.165) is 62.8 Å². The number of alkyl halides is 3. The van der Waals surface area contributed by atoms with Crippen molar-refractivity contribution in [1.82, 2.24) is 20.4 Å². The van der Waals surface area contributed by atoms with Crippen LogP contribution in [0.1, 0.15) is 78.1 Å². The number of ether oxygens (including phenoxy) is 1. The highest BCUT2D eigenvalue weighted by molar-refractivity contribution is 6.10. The van der Waals surface area contributed by atoms with Crippen molar-refractivity contribution in [1.29, 1.82) is 0 Å². The molecule has 5 aromatic carbocycles. The number of benzene rings is 5. The molecule has 0 radical (unpaired) electrons. The third kappa shape index (κ3) is 7.72. The Balaban J connectivity index is 1.26. The van der Waals surface area contributed by atoms with Crippen LogP contribution < -0.4 is 10.6 Å². The second kappa shape index (κ2) is 13.9. The van der Waals surface area contributed by atoms with Gasteiger partial charge in [-0.2, -0.15) is 18.3 Å². The Bertz CT molecular complexity index is 2280. The molecule has 1 amide bonds. The molecular weight excluding hydrogens is 665 g/mol. The van der Waals surface area contributed by atoms with E-state index in [1.807, 2.05) is 30.3 Å². The lowest BCUT2D eigenvalue weighted by Crippen LogP contribution is -2.32. The number of aromatic nitrogens is 2. The molecule has 10 heteroatoms. The number of hydrogen-bond acceptors (Lipinski definition) is 5. The molecule has 0 aliphatic heterocycles. The van der Waals surface area contributed by atoms with Crippen LogP contribution in [0.2, 0.25) is 0 Å². The maximum atomic E-state index is 14.3. The zero-order valence-electron chi connectivity index (χ0n) is 29.1. The lowest BCUT2D eigenvalue weighted by molar-refractivity contribution is -0.141. The number of carbonyl (C=O) groups is 2. The predicted octanol–water partition coefficient (Wildman–Crippen LogP) is 9.54. The average molecular weight is 705 g/mol. The first kappa shape index (κ1) is 34.9. The smallest absolute Gasteiger partial charge is 0.435 e. The van der Waals surface area contributed by atoms with Crippen LogP contribution >= 0.6 is 0 Å². The molecule has 1 fully saturated rings. The number of halogens is 3. The first-order chi connectivity index (χ1) is 24.8. The van der Waals surface area contributed by atoms with Gasteiger partial charge in [-0.05, 0) is 109 Å². The van der Waals surface area contributed by atoms with Crippen LogP contribution in [0.5, 0.6) is 0 Å². The third-order valence-electron chi connectivity index (χ3n) is 9.12. The van der Waals surface area contributed by atoms with E-state index >= 15 is 0 Å². The molecule has 0 bridgehead atoms. The number of rotatable bonds is 10. The number of hydrogen-bond donors (Lipinski definition) is 2. The quantitative estimate of drug-likeness (QED) is 0.110. The summed E-state index contributed by atoms with van der Waals surface area (Å²) in [5, 5.41) is 14.7. The number of alkyl carbamates (subject to hydrolysis) is 1. The normalized spacial score (nSPS) is 14.0. The minimum absolute atomic E-state index is 0.0557. The lowest BCUT2D eigenvalue weighted by Gasteiger charge is -2.23. The molecule has 1 heterocycles. The third-order valence-corrected chi connectivity index (χ3v) is 9.12. The van der Waals surface area contributed by atoms with Crippen molar-refractivity contribution >= 4 is 33.4 Å². The molecule has 0 spiro atoms. The second-order valence-electron chi connectivity index (χ2n) is 14.3. The summed E-state index contributed by atoms with van der Waals surface area (Å²) in [4.78, 5) is 26.5. The number of ketones is 1. The Hall–Kier alpha value is -5.48. The van der Waals surface area contributed by atoms with E-state index in [-0.39, 0.29) is 29.5 Å². The van der Waals surface area contributed by atoms with Crippen molar-refractivity contribution in [2.24, 2.45) is 5.92 Å². The molecule has 7 nitrogen and oxygen atoms in total. The summed E-state index contributed by atoms with van der Waals surface area (Å²) in [5.41, 5.74) is 0.822. The van der Waals surface area contributed by atoms with Crippen molar-refractivity contribution in [3.63, 3.8) is 0 Å². The Morgan fingerprint density at radius 1 is 0.846 bits per heavy atom. The molecule has 1 aromatic heterocycles. The van der Waals surface area contributed by atoms with Crippen LogP contribution in [0.3, 0.4) is 0 Å².